The summed E-state index contributed by atoms with van der Waals surface area (Å²) < 4.78 is 57.2. The number of benzene rings is 3. The van der Waals surface area contributed by atoms with Gasteiger partial charge in [-0.15, -0.1) is 0 Å². The van der Waals surface area contributed by atoms with Crippen molar-refractivity contribution in [2.24, 2.45) is 0 Å². The molecule has 0 bridgehead atoms. The number of nitro groups is 1. The van der Waals surface area contributed by atoms with Crippen LogP contribution in [-0.2, 0) is 19.3 Å². The van der Waals surface area contributed by atoms with Crippen molar-refractivity contribution in [1.29, 1.82) is 0 Å². The van der Waals surface area contributed by atoms with E-state index in [1.807, 2.05) is 36.4 Å². The summed E-state index contributed by atoms with van der Waals surface area (Å²) in [4.78, 5) is 16.1. The molecule has 1 saturated heterocycles. The van der Waals surface area contributed by atoms with Crippen molar-refractivity contribution >= 4 is 23.1 Å². The Morgan fingerprint density at radius 3 is 2.17 bits per heavy atom. The monoisotopic (exact) mass is 660 g/mol. The number of piperidine rings is 1. The fraction of sp³-hybridized carbons (Fsp3) is 0.344. The van der Waals surface area contributed by atoms with Crippen molar-refractivity contribution in [2.45, 2.75) is 50.8 Å². The van der Waals surface area contributed by atoms with E-state index in [9.17, 15) is 28.4 Å². The lowest BCUT2D eigenvalue weighted by Crippen LogP contribution is -2.38. The van der Waals surface area contributed by atoms with E-state index in [1.54, 1.807) is 12.1 Å². The summed E-state index contributed by atoms with van der Waals surface area (Å²) in [5.41, 5.74) is 1.00. The Morgan fingerprint density at radius 2 is 1.57 bits per heavy atom. The molecule has 1 N–H and O–H groups in total. The molecule has 2 heterocycles. The summed E-state index contributed by atoms with van der Waals surface area (Å²) >= 11 is 5.91. The topological polar surface area (TPSA) is 112 Å². The summed E-state index contributed by atoms with van der Waals surface area (Å²) in [6.07, 6.45) is -1.92. The number of nitrogens with zero attached hydrogens (tertiary/aromatic N) is 4. The van der Waals surface area contributed by atoms with Gasteiger partial charge < -0.3 is 34.3 Å². The Hall–Kier alpha value is -4.49. The van der Waals surface area contributed by atoms with Gasteiger partial charge in [-0.3, -0.25) is 4.57 Å². The van der Waals surface area contributed by atoms with Crippen LogP contribution in [0.5, 0.6) is 17.2 Å². The largest absolute Gasteiger partial charge is 0.491 e. The van der Waals surface area contributed by atoms with E-state index in [2.05, 4.69) is 9.88 Å². The van der Waals surface area contributed by atoms with Crippen molar-refractivity contribution in [1.82, 2.24) is 9.55 Å². The number of alkyl halides is 3. The van der Waals surface area contributed by atoms with Crippen LogP contribution in [0.15, 0.2) is 79.0 Å². The maximum Gasteiger partial charge on any atom is 0.416 e. The lowest BCUT2D eigenvalue weighted by atomic mass is 10.1. The predicted molar refractivity (Wildman–Crippen MR) is 165 cm³/mol. The molecule has 0 amide bonds. The molecule has 3 aromatic carbocycles. The Bertz CT molecular complexity index is 1580. The highest BCUT2D eigenvalue weighted by atomic mass is 35.5. The average molecular weight is 661 g/mol. The molecule has 14 heteroatoms. The minimum absolute atomic E-state index is 0.00936. The zero-order chi connectivity index (χ0) is 32.7. The van der Waals surface area contributed by atoms with Gasteiger partial charge in [0.2, 0.25) is 0 Å². The van der Waals surface area contributed by atoms with Crippen LogP contribution in [0.4, 0.5) is 24.7 Å². The van der Waals surface area contributed by atoms with E-state index < -0.39 is 22.8 Å². The first-order valence-corrected chi connectivity index (χ1v) is 15.0. The third-order valence-corrected chi connectivity index (χ3v) is 7.81. The van der Waals surface area contributed by atoms with Crippen LogP contribution in [0.3, 0.4) is 0 Å². The molecule has 0 radical (unpaired) electrons. The van der Waals surface area contributed by atoms with E-state index in [0.29, 0.717) is 17.1 Å². The molecule has 1 fully saturated rings. The molecule has 5 rings (SSSR count). The van der Waals surface area contributed by atoms with Gasteiger partial charge in [0.05, 0.1) is 11.7 Å². The normalized spacial score (nSPS) is 14.6. The summed E-state index contributed by atoms with van der Waals surface area (Å²) in [6, 6.07) is 19.7. The maximum absolute atomic E-state index is 12.7. The van der Waals surface area contributed by atoms with Crippen LogP contribution < -0.4 is 19.1 Å². The quantitative estimate of drug-likeness (QED) is 0.122. The number of aryl methyl sites for hydroxylation is 1. The predicted octanol–water partition coefficient (Wildman–Crippen LogP) is 6.92. The number of anilines is 1. The van der Waals surface area contributed by atoms with Gasteiger partial charge in [0.15, 0.2) is 0 Å². The van der Waals surface area contributed by atoms with Gasteiger partial charge >= 0.3 is 17.3 Å². The van der Waals surface area contributed by atoms with Crippen LogP contribution in [-0.4, -0.2) is 51.5 Å². The molecule has 1 aliphatic rings. The second-order valence-electron chi connectivity index (χ2n) is 10.8. The van der Waals surface area contributed by atoms with Crippen molar-refractivity contribution < 1.29 is 37.4 Å². The lowest BCUT2D eigenvalue weighted by molar-refractivity contribution is -0.389. The maximum atomic E-state index is 12.7. The van der Waals surface area contributed by atoms with E-state index in [1.165, 1.54) is 22.9 Å². The number of halogens is 4. The number of imidazole rings is 1. The summed E-state index contributed by atoms with van der Waals surface area (Å²) in [5.74, 6) is 1.59. The van der Waals surface area contributed by atoms with Gasteiger partial charge in [-0.25, -0.2) is 0 Å². The summed E-state index contributed by atoms with van der Waals surface area (Å²) in [5, 5.41) is 21.1. The fourth-order valence-electron chi connectivity index (χ4n) is 4.94. The van der Waals surface area contributed by atoms with Crippen molar-refractivity contribution in [3.8, 4) is 17.2 Å². The number of aromatic nitrogens is 2. The fourth-order valence-corrected chi connectivity index (χ4v) is 5.16. The van der Waals surface area contributed by atoms with E-state index in [4.69, 9.17) is 25.8 Å². The molecule has 0 aliphatic carbocycles. The Balaban J connectivity index is 1.00. The van der Waals surface area contributed by atoms with Crippen LogP contribution in [0.1, 0.15) is 30.4 Å². The van der Waals surface area contributed by atoms with Crippen LogP contribution in [0.25, 0.3) is 0 Å². The Labute approximate surface area is 268 Å². The second-order valence-corrected chi connectivity index (χ2v) is 11.2. The van der Waals surface area contributed by atoms with E-state index in [-0.39, 0.29) is 43.4 Å². The number of aliphatic hydroxyl groups is 1. The molecule has 0 spiro atoms. The zero-order valence-corrected chi connectivity index (χ0v) is 25.4. The molecule has 244 valence electrons. The highest BCUT2D eigenvalue weighted by Gasteiger charge is 2.30. The van der Waals surface area contributed by atoms with Gasteiger partial charge in [-0.05, 0) is 94.2 Å². The highest BCUT2D eigenvalue weighted by molar-refractivity contribution is 6.28. The van der Waals surface area contributed by atoms with Crippen molar-refractivity contribution in [3.05, 3.63) is 106 Å². The minimum atomic E-state index is -4.36. The highest BCUT2D eigenvalue weighted by Crippen LogP contribution is 2.30. The van der Waals surface area contributed by atoms with Crippen LogP contribution >= 0.6 is 11.6 Å². The summed E-state index contributed by atoms with van der Waals surface area (Å²) in [7, 11) is 0. The Kier molecular flexibility index (Phi) is 10.5. The number of rotatable bonds is 13. The first-order valence-electron chi connectivity index (χ1n) is 14.6. The van der Waals surface area contributed by atoms with Crippen LogP contribution in [0, 0.1) is 10.1 Å². The SMILES string of the molecule is O=[N+]([O-])c1cn(CC[C@@H](O)COc2ccc(N3CCC(Oc4ccc(OCc5ccc(C(F)(F)F)cc5)cc4)CC3)cc2)c(Cl)n1. The zero-order valence-electron chi connectivity index (χ0n) is 24.6. The van der Waals surface area contributed by atoms with Gasteiger partial charge in [0, 0.05) is 38.2 Å². The number of aliphatic hydroxyl groups excluding tert-OH is 1. The lowest BCUT2D eigenvalue weighted by Gasteiger charge is -2.33. The first-order chi connectivity index (χ1) is 22.0. The number of ether oxygens (including phenoxy) is 3. The molecule has 10 nitrogen and oxygen atoms in total. The average Bonchev–Trinajstić information content (AvgIpc) is 3.43. The van der Waals surface area contributed by atoms with Gasteiger partial charge in [0.1, 0.15) is 42.8 Å². The van der Waals surface area contributed by atoms with Crippen LogP contribution in [0.2, 0.25) is 5.28 Å². The molecule has 1 aromatic heterocycles. The van der Waals surface area contributed by atoms with E-state index >= 15 is 0 Å². The molecular weight excluding hydrogens is 629 g/mol. The number of hydrogen-bond donors (Lipinski definition) is 1. The second kappa shape index (κ2) is 14.7. The molecule has 1 aliphatic heterocycles. The molecule has 4 aromatic rings. The van der Waals surface area contributed by atoms with Gasteiger partial charge in [-0.1, -0.05) is 12.1 Å². The standard InChI is InChI=1S/C32H32ClF3N4O6/c33-31-37-30(40(42)43)19-39(31)16-13-25(41)21-45-26-7-5-24(6-8-26)38-17-14-29(15-18-38)46-28-11-9-27(10-12-28)44-20-22-1-3-23(4-2-22)32(34,35)36/h1-12,19,25,29,41H,13-18,20-21H2/t25-/m1/s1. The third-order valence-electron chi connectivity index (χ3n) is 7.50. The molecule has 0 saturated carbocycles. The third kappa shape index (κ3) is 9.04. The molecule has 0 unspecified atom stereocenters. The van der Waals surface area contributed by atoms with E-state index in [0.717, 1.165) is 49.5 Å². The van der Waals surface area contributed by atoms with Crippen molar-refractivity contribution in [3.63, 3.8) is 0 Å². The first kappa shape index (κ1) is 32.9. The Morgan fingerprint density at radius 1 is 0.957 bits per heavy atom. The summed E-state index contributed by atoms with van der Waals surface area (Å²) in [6.45, 7) is 2.10. The van der Waals surface area contributed by atoms with Crippen molar-refractivity contribution in [2.75, 3.05) is 24.6 Å². The smallest absolute Gasteiger partial charge is 0.416 e. The molecule has 46 heavy (non-hydrogen) atoms. The minimum Gasteiger partial charge on any atom is -0.491 e. The van der Waals surface area contributed by atoms with Gasteiger partial charge in [0.25, 0.3) is 0 Å². The van der Waals surface area contributed by atoms with Gasteiger partial charge in [-0.2, -0.15) is 13.2 Å². The molecular formula is C32H32ClF3N4O6. The molecule has 1 atom stereocenters. The number of hydrogen-bond acceptors (Lipinski definition) is 8.